The molecule has 1 atom stereocenters. The summed E-state index contributed by atoms with van der Waals surface area (Å²) in [6.45, 7) is 17.3. The largest absolute Gasteiger partial charge is 0.360 e. The Morgan fingerprint density at radius 1 is 0.947 bits per heavy atom. The van der Waals surface area contributed by atoms with Gasteiger partial charge in [-0.15, -0.1) is 11.6 Å². The minimum absolute atomic E-state index is 0.213. The van der Waals surface area contributed by atoms with Crippen LogP contribution in [0.4, 0.5) is 21.5 Å². The Morgan fingerprint density at radius 2 is 1.55 bits per heavy atom. The molecule has 3 rings (SSSR count). The van der Waals surface area contributed by atoms with E-state index in [4.69, 9.17) is 23.2 Å². The number of nitrogens with one attached hydrogen (secondary N) is 3. The maximum Gasteiger partial charge on any atom is 0.257 e. The lowest BCUT2D eigenvalue weighted by Gasteiger charge is -2.31. The van der Waals surface area contributed by atoms with Gasteiger partial charge < -0.3 is 16.0 Å². The number of benzene rings is 3. The lowest BCUT2D eigenvalue weighted by atomic mass is 9.85. The van der Waals surface area contributed by atoms with E-state index in [1.807, 2.05) is 58.0 Å². The molecule has 0 aromatic heterocycles. The molecule has 0 heterocycles. The number of alkyl halides is 1. The number of amides is 1. The normalized spacial score (nSPS) is 12.0. The summed E-state index contributed by atoms with van der Waals surface area (Å²) in [5.74, 6) is -0.780. The minimum Gasteiger partial charge on any atom is -0.360 e. The molecule has 3 N–H and O–H groups in total. The van der Waals surface area contributed by atoms with E-state index in [9.17, 15) is 9.18 Å². The van der Waals surface area contributed by atoms with E-state index >= 15 is 0 Å². The van der Waals surface area contributed by atoms with Crippen molar-refractivity contribution in [2.45, 2.75) is 45.9 Å². The molecule has 0 fully saturated rings. The summed E-state index contributed by atoms with van der Waals surface area (Å²) < 4.78 is 13.8. The van der Waals surface area contributed by atoms with Crippen molar-refractivity contribution >= 4 is 46.2 Å². The van der Waals surface area contributed by atoms with Gasteiger partial charge in [-0.2, -0.15) is 0 Å². The smallest absolute Gasteiger partial charge is 0.257 e. The molecule has 7 heteroatoms. The molecular weight excluding hydrogens is 520 g/mol. The summed E-state index contributed by atoms with van der Waals surface area (Å²) >= 11 is 13.5. The second-order valence-corrected chi connectivity index (χ2v) is 11.5. The number of carbonyl (C=O) groups is 1. The van der Waals surface area contributed by atoms with E-state index in [1.54, 1.807) is 25.1 Å². The van der Waals surface area contributed by atoms with Crippen LogP contribution in [0, 0.1) is 25.6 Å². The molecule has 0 bridgehead atoms. The number of hydrogen-bond acceptors (Lipinski definition) is 3. The number of anilines is 3. The van der Waals surface area contributed by atoms with Gasteiger partial charge in [0.05, 0.1) is 16.3 Å². The summed E-state index contributed by atoms with van der Waals surface area (Å²) in [6.07, 6.45) is 0.552. The average molecular weight is 555 g/mol. The van der Waals surface area contributed by atoms with E-state index in [0.29, 0.717) is 34.6 Å². The van der Waals surface area contributed by atoms with Crippen molar-refractivity contribution in [2.24, 2.45) is 5.92 Å². The second-order valence-electron chi connectivity index (χ2n) is 10.1. The van der Waals surface area contributed by atoms with E-state index < -0.39 is 4.87 Å². The third-order valence-electron chi connectivity index (χ3n) is 6.28. The van der Waals surface area contributed by atoms with Crippen LogP contribution in [0.25, 0.3) is 0 Å². The molecule has 4 nitrogen and oxygen atoms in total. The van der Waals surface area contributed by atoms with Crippen LogP contribution in [-0.2, 0) is 6.42 Å². The molecule has 1 unspecified atom stereocenters. The van der Waals surface area contributed by atoms with E-state index in [2.05, 4.69) is 29.1 Å². The van der Waals surface area contributed by atoms with Crippen LogP contribution in [0.5, 0.6) is 0 Å². The zero-order chi connectivity index (χ0) is 28.2. The zero-order valence-corrected chi connectivity index (χ0v) is 23.9. The van der Waals surface area contributed by atoms with Gasteiger partial charge in [-0.1, -0.05) is 43.0 Å². The van der Waals surface area contributed by atoms with Gasteiger partial charge in [0, 0.05) is 33.6 Å². The Labute approximate surface area is 234 Å². The van der Waals surface area contributed by atoms with E-state index in [1.165, 1.54) is 6.07 Å². The van der Waals surface area contributed by atoms with Gasteiger partial charge in [0.2, 0.25) is 0 Å². The van der Waals surface area contributed by atoms with Crippen LogP contribution in [-0.4, -0.2) is 10.8 Å². The molecule has 0 saturated heterocycles. The molecule has 38 heavy (non-hydrogen) atoms. The fourth-order valence-electron chi connectivity index (χ4n) is 4.23. The van der Waals surface area contributed by atoms with Crippen LogP contribution >= 0.6 is 23.2 Å². The Hall–Kier alpha value is -3.28. The number of rotatable bonds is 10. The van der Waals surface area contributed by atoms with Gasteiger partial charge >= 0.3 is 0 Å². The topological polar surface area (TPSA) is 53.2 Å². The molecule has 0 radical (unpaired) electrons. The summed E-state index contributed by atoms with van der Waals surface area (Å²) in [4.78, 5) is 12.6. The first-order valence-corrected chi connectivity index (χ1v) is 13.0. The molecular formula is C31H34Cl2FN3O. The quantitative estimate of drug-likeness (QED) is 0.219. The Kier molecular flexibility index (Phi) is 9.29. The first-order valence-electron chi connectivity index (χ1n) is 12.3. The highest BCUT2D eigenvalue weighted by Crippen LogP contribution is 2.36. The third kappa shape index (κ3) is 7.40. The van der Waals surface area contributed by atoms with Crippen molar-refractivity contribution in [3.63, 3.8) is 0 Å². The summed E-state index contributed by atoms with van der Waals surface area (Å²) in [5, 5.41) is 9.62. The Morgan fingerprint density at radius 3 is 2.11 bits per heavy atom. The summed E-state index contributed by atoms with van der Waals surface area (Å²) in [7, 11) is 0. The van der Waals surface area contributed by atoms with Crippen molar-refractivity contribution in [1.82, 2.24) is 0 Å². The first kappa shape index (κ1) is 29.3. The lowest BCUT2D eigenvalue weighted by Crippen LogP contribution is -2.31. The van der Waals surface area contributed by atoms with Crippen LogP contribution in [0.2, 0.25) is 5.02 Å². The van der Waals surface area contributed by atoms with Crippen molar-refractivity contribution in [3.05, 3.63) is 112 Å². The molecule has 0 spiro atoms. The molecule has 3 aromatic carbocycles. The molecule has 1 amide bonds. The number of aryl methyl sites for hydroxylation is 2. The van der Waals surface area contributed by atoms with Crippen molar-refractivity contribution in [3.8, 4) is 0 Å². The van der Waals surface area contributed by atoms with Crippen LogP contribution in [0.15, 0.2) is 79.1 Å². The van der Waals surface area contributed by atoms with Gasteiger partial charge in [0.1, 0.15) is 5.82 Å². The standard InChI is InChI=1S/C31H34Cl2FN3O/c1-18(2)35-23-10-12-24(13-11-23)37-30(38)28-19(3)8-15-27(29(28)32)36-21(5)25(31(6,7)33)17-22-9-14-26(34)20(4)16-22/h8-16,25,35-36H,1,5,17H2,2-4,6-7H3,(H,37,38). The summed E-state index contributed by atoms with van der Waals surface area (Å²) in [5.41, 5.74) is 6.16. The van der Waals surface area contributed by atoms with Gasteiger partial charge in [0.25, 0.3) is 5.91 Å². The highest BCUT2D eigenvalue weighted by molar-refractivity contribution is 6.37. The van der Waals surface area contributed by atoms with Gasteiger partial charge in [-0.25, -0.2) is 4.39 Å². The number of carbonyl (C=O) groups excluding carboxylic acids is 1. The van der Waals surface area contributed by atoms with Gasteiger partial charge in [-0.3, -0.25) is 4.79 Å². The highest BCUT2D eigenvalue weighted by Gasteiger charge is 2.30. The predicted molar refractivity (Wildman–Crippen MR) is 160 cm³/mol. The Bertz CT molecular complexity index is 1360. The molecule has 0 aliphatic carbocycles. The second kappa shape index (κ2) is 12.1. The van der Waals surface area contributed by atoms with Crippen molar-refractivity contribution in [1.29, 1.82) is 0 Å². The van der Waals surface area contributed by atoms with Crippen LogP contribution in [0.1, 0.15) is 47.8 Å². The monoisotopic (exact) mass is 553 g/mol. The SMILES string of the molecule is C=C(C)Nc1ccc(NC(=O)c2c(C)ccc(NC(=C)C(Cc3ccc(F)c(C)c3)C(C)(C)Cl)c2Cl)cc1. The molecule has 200 valence electrons. The Balaban J connectivity index is 1.82. The van der Waals surface area contributed by atoms with Crippen molar-refractivity contribution < 1.29 is 9.18 Å². The molecule has 3 aromatic rings. The molecule has 0 aliphatic rings. The first-order chi connectivity index (χ1) is 17.8. The molecule has 0 saturated carbocycles. The fourth-order valence-corrected chi connectivity index (χ4v) is 4.79. The maximum absolute atomic E-state index is 13.8. The molecule has 0 aliphatic heterocycles. The van der Waals surface area contributed by atoms with Crippen molar-refractivity contribution in [2.75, 3.05) is 16.0 Å². The van der Waals surface area contributed by atoms with E-state index in [-0.39, 0.29) is 22.7 Å². The average Bonchev–Trinajstić information content (AvgIpc) is 2.81. The van der Waals surface area contributed by atoms with Crippen LogP contribution < -0.4 is 16.0 Å². The third-order valence-corrected chi connectivity index (χ3v) is 6.94. The van der Waals surface area contributed by atoms with Crippen LogP contribution in [0.3, 0.4) is 0 Å². The summed E-state index contributed by atoms with van der Waals surface area (Å²) in [6, 6.07) is 16.0. The van der Waals surface area contributed by atoms with Gasteiger partial charge in [-0.05, 0) is 94.1 Å². The number of hydrogen-bond donors (Lipinski definition) is 3. The minimum atomic E-state index is -0.658. The highest BCUT2D eigenvalue weighted by atomic mass is 35.5. The maximum atomic E-state index is 13.8. The number of allylic oxidation sites excluding steroid dienone is 2. The predicted octanol–water partition coefficient (Wildman–Crippen LogP) is 9.10. The zero-order valence-electron chi connectivity index (χ0n) is 22.4. The fraction of sp³-hybridized carbons (Fsp3) is 0.258. The number of halogens is 3. The van der Waals surface area contributed by atoms with E-state index in [0.717, 1.165) is 22.5 Å². The lowest BCUT2D eigenvalue weighted by molar-refractivity contribution is 0.102. The van der Waals surface area contributed by atoms with Gasteiger partial charge in [0.15, 0.2) is 0 Å².